The second-order valence-electron chi connectivity index (χ2n) is 16.3. The molecule has 14 rings (SSSR count). The molecule has 0 saturated heterocycles. The van der Waals surface area contributed by atoms with E-state index in [0.29, 0.717) is 0 Å². The Balaban J connectivity index is 0.951. The number of hydrogen-bond donors (Lipinski definition) is 0. The van der Waals surface area contributed by atoms with Crippen molar-refractivity contribution >= 4 is 128 Å². The monoisotopic (exact) mass is 808 g/mol. The van der Waals surface area contributed by atoms with Crippen LogP contribution in [0.15, 0.2) is 199 Å². The van der Waals surface area contributed by atoms with E-state index in [0.717, 1.165) is 33.1 Å². The zero-order valence-corrected chi connectivity index (χ0v) is 34.3. The maximum absolute atomic E-state index is 6.88. The number of rotatable bonds is 3. The van der Waals surface area contributed by atoms with Crippen LogP contribution in [0.25, 0.3) is 139 Å². The number of fused-ring (bicyclic) bond motifs is 15. The highest BCUT2D eigenvalue weighted by molar-refractivity contribution is 7.34. The van der Waals surface area contributed by atoms with Crippen LogP contribution >= 0.6 is 22.7 Å². The van der Waals surface area contributed by atoms with E-state index in [-0.39, 0.29) is 0 Å². The van der Waals surface area contributed by atoms with Crippen molar-refractivity contribution in [1.82, 2.24) is 0 Å². The summed E-state index contributed by atoms with van der Waals surface area (Å²) in [5.74, 6) is 0. The molecule has 0 aliphatic heterocycles. The molecule has 0 bridgehead atoms. The van der Waals surface area contributed by atoms with Crippen molar-refractivity contribution in [2.75, 3.05) is 0 Å². The van der Waals surface area contributed by atoms with E-state index in [2.05, 4.69) is 194 Å². The zero-order chi connectivity index (χ0) is 39.8. The smallest absolute Gasteiger partial charge is 0.136 e. The number of hydrogen-bond acceptors (Lipinski definition) is 3. The van der Waals surface area contributed by atoms with Crippen LogP contribution in [0.1, 0.15) is 0 Å². The third kappa shape index (κ3) is 4.76. The Morgan fingerprint density at radius 1 is 0.279 bits per heavy atom. The van der Waals surface area contributed by atoms with Crippen LogP contribution in [0, 0.1) is 0 Å². The minimum atomic E-state index is 0.896. The van der Waals surface area contributed by atoms with Crippen LogP contribution in [0.3, 0.4) is 0 Å². The van der Waals surface area contributed by atoms with Crippen LogP contribution in [0.4, 0.5) is 0 Å². The molecule has 0 aliphatic carbocycles. The van der Waals surface area contributed by atoms with Crippen molar-refractivity contribution in [3.63, 3.8) is 0 Å². The first-order valence-electron chi connectivity index (χ1n) is 20.8. The van der Waals surface area contributed by atoms with Crippen molar-refractivity contribution in [3.8, 4) is 33.4 Å². The van der Waals surface area contributed by atoms with Gasteiger partial charge in [-0.3, -0.25) is 0 Å². The number of benzene rings is 11. The van der Waals surface area contributed by atoms with E-state index in [1.807, 2.05) is 22.7 Å². The Labute approximate surface area is 357 Å². The fourth-order valence-electron chi connectivity index (χ4n) is 10.4. The summed E-state index contributed by atoms with van der Waals surface area (Å²) in [6.45, 7) is 0. The van der Waals surface area contributed by atoms with Gasteiger partial charge in [-0.1, -0.05) is 158 Å². The average Bonchev–Trinajstić information content (AvgIpc) is 4.01. The summed E-state index contributed by atoms with van der Waals surface area (Å²) >= 11 is 3.85. The molecule has 3 heteroatoms. The Morgan fingerprint density at radius 3 is 1.52 bits per heavy atom. The van der Waals surface area contributed by atoms with E-state index >= 15 is 0 Å². The van der Waals surface area contributed by atoms with Gasteiger partial charge in [0.2, 0.25) is 0 Å². The molecule has 0 N–H and O–H groups in total. The lowest BCUT2D eigenvalue weighted by molar-refractivity contribution is 0.669. The van der Waals surface area contributed by atoms with Crippen molar-refractivity contribution in [3.05, 3.63) is 194 Å². The molecule has 282 valence electrons. The minimum absolute atomic E-state index is 0.896. The van der Waals surface area contributed by atoms with Gasteiger partial charge in [0.1, 0.15) is 11.2 Å². The first-order chi connectivity index (χ1) is 30.2. The molecular formula is C58H32OS2. The van der Waals surface area contributed by atoms with Crippen LogP contribution < -0.4 is 0 Å². The summed E-state index contributed by atoms with van der Waals surface area (Å²) < 4.78 is 12.3. The summed E-state index contributed by atoms with van der Waals surface area (Å²) in [6, 6.07) is 71.6. The molecule has 3 heterocycles. The molecule has 0 unspecified atom stereocenters. The fourth-order valence-corrected chi connectivity index (χ4v) is 13.0. The second-order valence-corrected chi connectivity index (χ2v) is 18.3. The van der Waals surface area contributed by atoms with E-state index < -0.39 is 0 Å². The zero-order valence-electron chi connectivity index (χ0n) is 32.7. The highest BCUT2D eigenvalue weighted by atomic mass is 32.1. The third-order valence-corrected chi connectivity index (χ3v) is 15.7. The van der Waals surface area contributed by atoms with Gasteiger partial charge < -0.3 is 4.42 Å². The van der Waals surface area contributed by atoms with Gasteiger partial charge in [0.25, 0.3) is 0 Å². The Morgan fingerprint density at radius 2 is 0.787 bits per heavy atom. The summed E-state index contributed by atoms with van der Waals surface area (Å²) in [4.78, 5) is 0. The molecule has 0 spiro atoms. The molecule has 0 fully saturated rings. The maximum Gasteiger partial charge on any atom is 0.136 e. The van der Waals surface area contributed by atoms with Gasteiger partial charge in [-0.05, 0) is 107 Å². The van der Waals surface area contributed by atoms with E-state index in [9.17, 15) is 0 Å². The lowest BCUT2D eigenvalue weighted by Crippen LogP contribution is -1.91. The molecular weight excluding hydrogens is 777 g/mol. The highest BCUT2D eigenvalue weighted by Crippen LogP contribution is 2.49. The van der Waals surface area contributed by atoms with Gasteiger partial charge in [0.05, 0.1) is 9.40 Å². The van der Waals surface area contributed by atoms with Gasteiger partial charge in [-0.25, -0.2) is 0 Å². The molecule has 3 aromatic heterocycles. The van der Waals surface area contributed by atoms with Crippen LogP contribution in [-0.2, 0) is 0 Å². The lowest BCUT2D eigenvalue weighted by Gasteiger charge is -2.18. The fraction of sp³-hybridized carbons (Fsp3) is 0. The summed E-state index contributed by atoms with van der Waals surface area (Å²) in [7, 11) is 0. The predicted octanol–water partition coefficient (Wildman–Crippen LogP) is 17.9. The Bertz CT molecular complexity index is 4120. The van der Waals surface area contributed by atoms with Crippen molar-refractivity contribution in [1.29, 1.82) is 0 Å². The third-order valence-electron chi connectivity index (χ3n) is 13.1. The van der Waals surface area contributed by atoms with Crippen LogP contribution in [0.2, 0.25) is 0 Å². The Kier molecular flexibility index (Phi) is 6.93. The largest absolute Gasteiger partial charge is 0.456 e. The molecule has 0 saturated carbocycles. The van der Waals surface area contributed by atoms with Gasteiger partial charge in [-0.15, -0.1) is 22.7 Å². The molecule has 11 aromatic carbocycles. The van der Waals surface area contributed by atoms with Gasteiger partial charge >= 0.3 is 0 Å². The predicted molar refractivity (Wildman–Crippen MR) is 266 cm³/mol. The molecule has 0 radical (unpaired) electrons. The van der Waals surface area contributed by atoms with Crippen LogP contribution in [0.5, 0.6) is 0 Å². The second kappa shape index (κ2) is 12.6. The summed E-state index contributed by atoms with van der Waals surface area (Å²) in [5.41, 5.74) is 9.10. The van der Waals surface area contributed by atoms with Crippen molar-refractivity contribution in [2.45, 2.75) is 0 Å². The van der Waals surface area contributed by atoms with Gasteiger partial charge in [-0.2, -0.15) is 0 Å². The summed E-state index contributed by atoms with van der Waals surface area (Å²) in [6.07, 6.45) is 0. The van der Waals surface area contributed by atoms with E-state index in [4.69, 9.17) is 4.42 Å². The highest BCUT2D eigenvalue weighted by Gasteiger charge is 2.21. The first-order valence-corrected chi connectivity index (χ1v) is 22.5. The normalized spacial score (nSPS) is 12.3. The van der Waals surface area contributed by atoms with Gasteiger partial charge in [0, 0.05) is 47.1 Å². The first kappa shape index (κ1) is 33.5. The lowest BCUT2D eigenvalue weighted by atomic mass is 9.84. The SMILES string of the molecule is c1ccc2c(-c3c4ccccc4c(-c4ccc5c(c4)oc4cc(-c6cc7c8ccc9c%10ccccc%10sc9c8sc7c7ccccc67)ccc45)c4ccccc34)cccc2c1. The molecule has 1 nitrogen and oxygen atoms in total. The molecule has 0 aliphatic rings. The molecule has 61 heavy (non-hydrogen) atoms. The maximum atomic E-state index is 6.88. The topological polar surface area (TPSA) is 13.1 Å². The molecule has 14 aromatic rings. The van der Waals surface area contributed by atoms with E-state index in [1.165, 1.54) is 106 Å². The standard InChI is InChI=1S/C58H32OS2/c1-2-14-36-33(12-1)13-11-22-41(36)55-44-19-6-4-17-42(44)54(43-18-5-7-20-45(43)55)35-25-27-39-38-26-24-34(30-51(38)59-52(39)31-35)49-32-50-48-29-28-47-40-16-9-10-23-53(40)60-57(47)58(48)61-56(50)46-21-8-3-15-37(46)49/h1-32H. The number of thiophene rings is 2. The average molecular weight is 809 g/mol. The van der Waals surface area contributed by atoms with Crippen LogP contribution in [-0.4, -0.2) is 0 Å². The van der Waals surface area contributed by atoms with E-state index in [1.54, 1.807) is 0 Å². The molecule has 0 atom stereocenters. The van der Waals surface area contributed by atoms with Gasteiger partial charge in [0.15, 0.2) is 0 Å². The summed E-state index contributed by atoms with van der Waals surface area (Å²) in [5, 5.41) is 17.6. The minimum Gasteiger partial charge on any atom is -0.456 e. The molecule has 0 amide bonds. The quantitative estimate of drug-likeness (QED) is 0.162. The van der Waals surface area contributed by atoms with Crippen molar-refractivity contribution < 1.29 is 4.42 Å². The van der Waals surface area contributed by atoms with Crippen molar-refractivity contribution in [2.24, 2.45) is 0 Å². The number of furan rings is 1. The Hall–Kier alpha value is -7.30.